The Hall–Kier alpha value is -0.0400. The first-order chi connectivity index (χ1) is 5.41. The Morgan fingerprint density at radius 3 is 2.42 bits per heavy atom. The van der Waals surface area contributed by atoms with Crippen molar-refractivity contribution in [2.75, 3.05) is 0 Å². The smallest absolute Gasteiger partial charge is 0.136 e. The first-order valence-electron chi connectivity index (χ1n) is 4.63. The number of alkyl halides is 1. The average Bonchev–Trinajstić information content (AvgIpc) is 1.92. The summed E-state index contributed by atoms with van der Waals surface area (Å²) in [7, 11) is 0. The van der Waals surface area contributed by atoms with E-state index < -0.39 is 0 Å². The molecule has 0 amide bonds. The van der Waals surface area contributed by atoms with E-state index >= 15 is 0 Å². The predicted octanol–water partition coefficient (Wildman–Crippen LogP) is 3.01. The fourth-order valence-corrected chi connectivity index (χ4v) is 1.93. The Morgan fingerprint density at radius 1 is 1.42 bits per heavy atom. The lowest BCUT2D eigenvalue weighted by atomic mass is 9.76. The van der Waals surface area contributed by atoms with Crippen LogP contribution in [0.4, 0.5) is 0 Å². The van der Waals surface area contributed by atoms with E-state index in [9.17, 15) is 4.79 Å². The van der Waals surface area contributed by atoms with Crippen LogP contribution in [0.3, 0.4) is 0 Å². The summed E-state index contributed by atoms with van der Waals surface area (Å²) in [5, 5.41) is 0. The average molecular weight is 189 g/mol. The number of hydrogen-bond donors (Lipinski definition) is 0. The highest BCUT2D eigenvalue weighted by Crippen LogP contribution is 2.36. The molecule has 12 heavy (non-hydrogen) atoms. The van der Waals surface area contributed by atoms with Crippen molar-refractivity contribution < 1.29 is 4.79 Å². The van der Waals surface area contributed by atoms with Crippen LogP contribution < -0.4 is 0 Å². The Bertz CT molecular complexity index is 181. The molecular formula is C10H17ClO. The van der Waals surface area contributed by atoms with E-state index in [-0.39, 0.29) is 10.8 Å². The minimum Gasteiger partial charge on any atom is -0.299 e. The SMILES string of the molecule is CC1CCC(C(C)(C)Cl)CC1=O. The number of Topliss-reactive ketones (excluding diaryl/α,β-unsaturated/α-hetero) is 1. The monoisotopic (exact) mass is 188 g/mol. The second-order valence-corrected chi connectivity index (χ2v) is 5.38. The largest absolute Gasteiger partial charge is 0.299 e. The minimum atomic E-state index is -0.212. The van der Waals surface area contributed by atoms with Crippen molar-refractivity contribution in [1.29, 1.82) is 0 Å². The maximum atomic E-state index is 11.4. The molecule has 2 unspecified atom stereocenters. The third-order valence-corrected chi connectivity index (χ3v) is 3.22. The Morgan fingerprint density at radius 2 is 2.00 bits per heavy atom. The van der Waals surface area contributed by atoms with E-state index in [1.54, 1.807) is 0 Å². The first kappa shape index (κ1) is 10.0. The first-order valence-corrected chi connectivity index (χ1v) is 5.00. The number of ketones is 1. The van der Waals surface area contributed by atoms with E-state index in [1.165, 1.54) is 0 Å². The van der Waals surface area contributed by atoms with Crippen LogP contribution >= 0.6 is 11.6 Å². The van der Waals surface area contributed by atoms with Gasteiger partial charge in [-0.2, -0.15) is 0 Å². The van der Waals surface area contributed by atoms with Gasteiger partial charge in [-0.1, -0.05) is 6.92 Å². The summed E-state index contributed by atoms with van der Waals surface area (Å²) < 4.78 is 0. The van der Waals surface area contributed by atoms with Gasteiger partial charge in [-0.15, -0.1) is 11.6 Å². The molecule has 1 aliphatic rings. The van der Waals surface area contributed by atoms with Crippen molar-refractivity contribution in [2.24, 2.45) is 11.8 Å². The molecule has 0 radical (unpaired) electrons. The Labute approximate surface area is 79.5 Å². The molecule has 0 aromatic carbocycles. The van der Waals surface area contributed by atoms with Crippen molar-refractivity contribution in [3.63, 3.8) is 0 Å². The summed E-state index contributed by atoms with van der Waals surface area (Å²) in [6, 6.07) is 0. The maximum absolute atomic E-state index is 11.4. The Kier molecular flexibility index (Phi) is 2.82. The van der Waals surface area contributed by atoms with Crippen LogP contribution in [-0.4, -0.2) is 10.7 Å². The topological polar surface area (TPSA) is 17.1 Å². The quantitative estimate of drug-likeness (QED) is 0.579. The molecule has 70 valence electrons. The number of rotatable bonds is 1. The molecule has 1 rings (SSSR count). The third kappa shape index (κ3) is 2.22. The summed E-state index contributed by atoms with van der Waals surface area (Å²) in [6.45, 7) is 6.02. The fraction of sp³-hybridized carbons (Fsp3) is 0.900. The molecule has 0 N–H and O–H groups in total. The summed E-state index contributed by atoms with van der Waals surface area (Å²) in [5.74, 6) is 1.03. The summed E-state index contributed by atoms with van der Waals surface area (Å²) in [5.41, 5.74) is 0. The van der Waals surface area contributed by atoms with Gasteiger partial charge in [-0.05, 0) is 32.6 Å². The zero-order valence-electron chi connectivity index (χ0n) is 8.06. The molecule has 0 spiro atoms. The normalized spacial score (nSPS) is 32.2. The lowest BCUT2D eigenvalue weighted by molar-refractivity contribution is -0.125. The van der Waals surface area contributed by atoms with Gasteiger partial charge in [0.1, 0.15) is 5.78 Å². The number of carbonyl (C=O) groups is 1. The summed E-state index contributed by atoms with van der Waals surface area (Å²) >= 11 is 6.17. The lowest BCUT2D eigenvalue weighted by Crippen LogP contribution is -2.33. The van der Waals surface area contributed by atoms with Gasteiger partial charge in [0, 0.05) is 17.2 Å². The molecule has 0 saturated heterocycles. The molecule has 2 atom stereocenters. The van der Waals surface area contributed by atoms with Crippen LogP contribution in [0.5, 0.6) is 0 Å². The van der Waals surface area contributed by atoms with Crippen molar-refractivity contribution in [1.82, 2.24) is 0 Å². The van der Waals surface area contributed by atoms with Gasteiger partial charge >= 0.3 is 0 Å². The second kappa shape index (κ2) is 3.37. The lowest BCUT2D eigenvalue weighted by Gasteiger charge is -2.33. The van der Waals surface area contributed by atoms with E-state index in [0.717, 1.165) is 12.8 Å². The molecule has 2 heteroatoms. The standard InChI is InChI=1S/C10H17ClO/c1-7-4-5-8(6-9(7)12)10(2,3)11/h7-8H,4-6H2,1-3H3. The fourth-order valence-electron chi connectivity index (χ4n) is 1.74. The molecule has 1 nitrogen and oxygen atoms in total. The maximum Gasteiger partial charge on any atom is 0.136 e. The number of halogens is 1. The van der Waals surface area contributed by atoms with Gasteiger partial charge in [0.2, 0.25) is 0 Å². The van der Waals surface area contributed by atoms with Gasteiger partial charge in [0.15, 0.2) is 0 Å². The molecule has 1 saturated carbocycles. The van der Waals surface area contributed by atoms with Crippen LogP contribution in [0.15, 0.2) is 0 Å². The van der Waals surface area contributed by atoms with Crippen LogP contribution in [0.2, 0.25) is 0 Å². The molecule has 0 heterocycles. The molecular weight excluding hydrogens is 172 g/mol. The highest BCUT2D eigenvalue weighted by molar-refractivity contribution is 6.23. The van der Waals surface area contributed by atoms with Gasteiger partial charge in [-0.3, -0.25) is 4.79 Å². The molecule has 0 aromatic rings. The molecule has 1 aliphatic carbocycles. The van der Waals surface area contributed by atoms with E-state index in [2.05, 4.69) is 0 Å². The highest BCUT2D eigenvalue weighted by atomic mass is 35.5. The predicted molar refractivity (Wildman–Crippen MR) is 51.4 cm³/mol. The summed E-state index contributed by atoms with van der Waals surface area (Å²) in [4.78, 5) is 11.2. The zero-order chi connectivity index (χ0) is 9.35. The van der Waals surface area contributed by atoms with Crippen LogP contribution in [-0.2, 0) is 4.79 Å². The van der Waals surface area contributed by atoms with Gasteiger partial charge in [0.25, 0.3) is 0 Å². The van der Waals surface area contributed by atoms with Gasteiger partial charge in [0.05, 0.1) is 0 Å². The minimum absolute atomic E-state index is 0.212. The Balaban J connectivity index is 2.57. The van der Waals surface area contributed by atoms with Crippen LogP contribution in [0.25, 0.3) is 0 Å². The van der Waals surface area contributed by atoms with E-state index in [4.69, 9.17) is 11.6 Å². The van der Waals surface area contributed by atoms with Gasteiger partial charge < -0.3 is 0 Å². The van der Waals surface area contributed by atoms with E-state index in [1.807, 2.05) is 20.8 Å². The van der Waals surface area contributed by atoms with Crippen molar-refractivity contribution in [3.05, 3.63) is 0 Å². The molecule has 1 fully saturated rings. The second-order valence-electron chi connectivity index (χ2n) is 4.41. The number of hydrogen-bond acceptors (Lipinski definition) is 1. The molecule has 0 aromatic heterocycles. The summed E-state index contributed by atoms with van der Waals surface area (Å²) in [6.07, 6.45) is 2.79. The zero-order valence-corrected chi connectivity index (χ0v) is 8.82. The van der Waals surface area contributed by atoms with Crippen LogP contribution in [0, 0.1) is 11.8 Å². The molecule has 0 aliphatic heterocycles. The number of carbonyl (C=O) groups excluding carboxylic acids is 1. The van der Waals surface area contributed by atoms with Crippen molar-refractivity contribution in [3.8, 4) is 0 Å². The van der Waals surface area contributed by atoms with Gasteiger partial charge in [-0.25, -0.2) is 0 Å². The van der Waals surface area contributed by atoms with Crippen molar-refractivity contribution in [2.45, 2.75) is 44.9 Å². The van der Waals surface area contributed by atoms with E-state index in [0.29, 0.717) is 18.1 Å². The highest BCUT2D eigenvalue weighted by Gasteiger charge is 2.34. The third-order valence-electron chi connectivity index (χ3n) is 2.92. The van der Waals surface area contributed by atoms with Crippen LogP contribution in [0.1, 0.15) is 40.0 Å². The molecule has 0 bridgehead atoms. The van der Waals surface area contributed by atoms with Crippen molar-refractivity contribution >= 4 is 17.4 Å².